The molecule has 3 N–H and O–H groups in total. The van der Waals surface area contributed by atoms with Crippen LogP contribution in [0.15, 0.2) is 29.3 Å². The largest absolute Gasteiger partial charge is 0.370 e. The molecule has 1 aromatic rings. The van der Waals surface area contributed by atoms with E-state index in [1.165, 1.54) is 5.56 Å². The summed E-state index contributed by atoms with van der Waals surface area (Å²) in [5.41, 5.74) is 8.22. The van der Waals surface area contributed by atoms with Crippen LogP contribution in [-0.4, -0.2) is 12.5 Å². The van der Waals surface area contributed by atoms with Crippen LogP contribution in [0.5, 0.6) is 0 Å². The predicted molar refractivity (Wildman–Crippen MR) is 75.4 cm³/mol. The molecule has 0 heterocycles. The molecule has 0 aromatic heterocycles. The minimum atomic E-state index is 0.502. The van der Waals surface area contributed by atoms with E-state index in [0.717, 1.165) is 25.1 Å². The van der Waals surface area contributed by atoms with Gasteiger partial charge in [0.05, 0.1) is 0 Å². The van der Waals surface area contributed by atoms with E-state index < -0.39 is 0 Å². The molecular formula is C14H23N3. The third-order valence-electron chi connectivity index (χ3n) is 2.43. The number of aryl methyl sites for hydroxylation is 1. The Balaban J connectivity index is 2.70. The summed E-state index contributed by atoms with van der Waals surface area (Å²) >= 11 is 0. The second kappa shape index (κ2) is 6.94. The molecule has 3 heteroatoms. The maximum Gasteiger partial charge on any atom is 0.193 e. The van der Waals surface area contributed by atoms with E-state index in [-0.39, 0.29) is 0 Å². The maximum atomic E-state index is 5.86. The molecule has 94 valence electrons. The molecule has 17 heavy (non-hydrogen) atoms. The van der Waals surface area contributed by atoms with E-state index in [0.29, 0.717) is 11.9 Å². The van der Waals surface area contributed by atoms with Gasteiger partial charge in [-0.25, -0.2) is 0 Å². The van der Waals surface area contributed by atoms with Gasteiger partial charge in [-0.2, -0.15) is 0 Å². The third kappa shape index (κ3) is 4.89. The highest BCUT2D eigenvalue weighted by atomic mass is 15.1. The molecule has 0 saturated heterocycles. The average Bonchev–Trinajstić information content (AvgIpc) is 2.29. The Morgan fingerprint density at radius 2 is 2.06 bits per heavy atom. The predicted octanol–water partition coefficient (Wildman–Crippen LogP) is 3.02. The maximum absolute atomic E-state index is 5.86. The van der Waals surface area contributed by atoms with Crippen LogP contribution >= 0.6 is 0 Å². The Morgan fingerprint density at radius 3 is 2.71 bits per heavy atom. The molecule has 0 atom stereocenters. The Labute approximate surface area is 104 Å². The summed E-state index contributed by atoms with van der Waals surface area (Å²) in [4.78, 5) is 4.30. The number of hydrogen-bond acceptors (Lipinski definition) is 1. The number of rotatable bonds is 5. The number of aliphatic imine (C=N–C) groups is 1. The lowest BCUT2D eigenvalue weighted by atomic mass is 10.1. The van der Waals surface area contributed by atoms with Crippen LogP contribution in [0.3, 0.4) is 0 Å². The lowest BCUT2D eigenvalue weighted by molar-refractivity contribution is 0.665. The van der Waals surface area contributed by atoms with Gasteiger partial charge >= 0.3 is 0 Å². The van der Waals surface area contributed by atoms with Crippen LogP contribution in [0.4, 0.5) is 5.69 Å². The highest BCUT2D eigenvalue weighted by Gasteiger charge is 2.01. The van der Waals surface area contributed by atoms with Gasteiger partial charge in [-0.15, -0.1) is 0 Å². The van der Waals surface area contributed by atoms with E-state index in [4.69, 9.17) is 5.73 Å². The Morgan fingerprint density at radius 1 is 1.35 bits per heavy atom. The van der Waals surface area contributed by atoms with Gasteiger partial charge < -0.3 is 11.1 Å². The summed E-state index contributed by atoms with van der Waals surface area (Å²) in [6.45, 7) is 7.19. The van der Waals surface area contributed by atoms with Crippen molar-refractivity contribution in [3.05, 3.63) is 29.8 Å². The van der Waals surface area contributed by atoms with Crippen molar-refractivity contribution in [2.24, 2.45) is 16.6 Å². The fourth-order valence-electron chi connectivity index (χ4n) is 1.59. The summed E-state index contributed by atoms with van der Waals surface area (Å²) in [5, 5.41) is 3.18. The van der Waals surface area contributed by atoms with Gasteiger partial charge in [-0.05, 0) is 24.0 Å². The van der Waals surface area contributed by atoms with E-state index >= 15 is 0 Å². The van der Waals surface area contributed by atoms with Crippen molar-refractivity contribution in [3.8, 4) is 0 Å². The number of nitrogens with one attached hydrogen (secondary N) is 1. The zero-order valence-corrected chi connectivity index (χ0v) is 11.0. The normalized spacial score (nSPS) is 11.9. The van der Waals surface area contributed by atoms with Gasteiger partial charge in [-0.1, -0.05) is 45.4 Å². The van der Waals surface area contributed by atoms with E-state index in [2.05, 4.69) is 43.2 Å². The molecule has 0 amide bonds. The number of hydrogen-bond donors (Lipinski definition) is 2. The van der Waals surface area contributed by atoms with E-state index in [1.807, 2.05) is 12.1 Å². The summed E-state index contributed by atoms with van der Waals surface area (Å²) in [6, 6.07) is 8.24. The van der Waals surface area contributed by atoms with Gasteiger partial charge in [0.15, 0.2) is 5.96 Å². The molecule has 0 unspecified atom stereocenters. The number of guanidine groups is 1. The lowest BCUT2D eigenvalue weighted by Crippen LogP contribution is -2.24. The topological polar surface area (TPSA) is 50.4 Å². The van der Waals surface area contributed by atoms with Crippen LogP contribution in [-0.2, 0) is 6.42 Å². The van der Waals surface area contributed by atoms with Crippen molar-refractivity contribution >= 4 is 11.6 Å². The first-order valence-corrected chi connectivity index (χ1v) is 6.28. The Kier molecular flexibility index (Phi) is 5.53. The second-order valence-electron chi connectivity index (χ2n) is 4.65. The highest BCUT2D eigenvalue weighted by Crippen LogP contribution is 2.16. The molecule has 1 rings (SSSR count). The highest BCUT2D eigenvalue weighted by molar-refractivity contribution is 5.92. The average molecular weight is 233 g/mol. The fourth-order valence-corrected chi connectivity index (χ4v) is 1.59. The van der Waals surface area contributed by atoms with Gasteiger partial charge in [-0.3, -0.25) is 4.99 Å². The molecule has 0 radical (unpaired) electrons. The van der Waals surface area contributed by atoms with Crippen LogP contribution in [0.1, 0.15) is 32.8 Å². The van der Waals surface area contributed by atoms with Crippen molar-refractivity contribution in [2.45, 2.75) is 33.6 Å². The zero-order chi connectivity index (χ0) is 12.7. The smallest absolute Gasteiger partial charge is 0.193 e. The van der Waals surface area contributed by atoms with Crippen molar-refractivity contribution in [2.75, 3.05) is 11.9 Å². The molecule has 1 aromatic carbocycles. The number of benzene rings is 1. The minimum absolute atomic E-state index is 0.502. The van der Waals surface area contributed by atoms with Crippen molar-refractivity contribution in [1.82, 2.24) is 0 Å². The number of nitrogens with two attached hydrogens (primary N) is 1. The number of nitrogens with zero attached hydrogens (tertiary/aromatic N) is 1. The van der Waals surface area contributed by atoms with E-state index in [9.17, 15) is 0 Å². The molecule has 0 spiro atoms. The summed E-state index contributed by atoms with van der Waals surface area (Å²) in [6.07, 6.45) is 2.18. The zero-order valence-electron chi connectivity index (χ0n) is 11.0. The van der Waals surface area contributed by atoms with Crippen molar-refractivity contribution in [3.63, 3.8) is 0 Å². The Bertz CT molecular complexity index is 369. The molecule has 0 aliphatic carbocycles. The van der Waals surface area contributed by atoms with Crippen LogP contribution in [0.25, 0.3) is 0 Å². The fraction of sp³-hybridized carbons (Fsp3) is 0.500. The summed E-state index contributed by atoms with van der Waals surface area (Å²) in [7, 11) is 0. The summed E-state index contributed by atoms with van der Waals surface area (Å²) in [5.74, 6) is 1.03. The number of para-hydroxylation sites is 1. The monoisotopic (exact) mass is 233 g/mol. The van der Waals surface area contributed by atoms with Crippen LogP contribution in [0, 0.1) is 5.92 Å². The quantitative estimate of drug-likeness (QED) is 0.606. The van der Waals surface area contributed by atoms with Gasteiger partial charge in [0, 0.05) is 12.2 Å². The second-order valence-corrected chi connectivity index (χ2v) is 4.65. The van der Waals surface area contributed by atoms with Gasteiger partial charge in [0.1, 0.15) is 0 Å². The van der Waals surface area contributed by atoms with Crippen molar-refractivity contribution < 1.29 is 0 Å². The van der Waals surface area contributed by atoms with Gasteiger partial charge in [0.2, 0.25) is 0 Å². The molecule has 0 bridgehead atoms. The lowest BCUT2D eigenvalue weighted by Gasteiger charge is -2.11. The molecule has 3 nitrogen and oxygen atoms in total. The third-order valence-corrected chi connectivity index (χ3v) is 2.43. The molecule has 0 saturated carbocycles. The molecule has 0 aliphatic heterocycles. The van der Waals surface area contributed by atoms with Crippen molar-refractivity contribution in [1.29, 1.82) is 0 Å². The van der Waals surface area contributed by atoms with Gasteiger partial charge in [0.25, 0.3) is 0 Å². The van der Waals surface area contributed by atoms with Crippen LogP contribution in [0.2, 0.25) is 0 Å². The van der Waals surface area contributed by atoms with Crippen LogP contribution < -0.4 is 11.1 Å². The number of anilines is 1. The first kappa shape index (κ1) is 13.6. The standard InChI is InChI=1S/C14H23N3/c1-4-7-12-8-5-6-9-13(12)17-14(15)16-10-11(2)3/h5-6,8-9,11H,4,7,10H2,1-3H3,(H3,15,16,17). The first-order chi connectivity index (χ1) is 8.13. The molecule has 0 aliphatic rings. The SMILES string of the molecule is CCCc1ccccc1NC(N)=NCC(C)C. The molecular weight excluding hydrogens is 210 g/mol. The molecule has 0 fully saturated rings. The summed E-state index contributed by atoms with van der Waals surface area (Å²) < 4.78 is 0. The first-order valence-electron chi connectivity index (χ1n) is 6.28. The minimum Gasteiger partial charge on any atom is -0.370 e. The Hall–Kier alpha value is -1.51. The van der Waals surface area contributed by atoms with E-state index in [1.54, 1.807) is 0 Å².